The molecule has 0 fully saturated rings. The maximum absolute atomic E-state index is 12.2. The van der Waals surface area contributed by atoms with E-state index in [1.165, 1.54) is 0 Å². The number of hydrogen-bond acceptors (Lipinski definition) is 2. The van der Waals surface area contributed by atoms with Gasteiger partial charge in [0.2, 0.25) is 0 Å². The second-order valence-electron chi connectivity index (χ2n) is 3.92. The van der Waals surface area contributed by atoms with Crippen molar-refractivity contribution in [2.45, 2.75) is 17.2 Å². The Kier molecular flexibility index (Phi) is 4.53. The lowest BCUT2D eigenvalue weighted by atomic mass is 10.1. The van der Waals surface area contributed by atoms with Crippen LogP contribution in [0.3, 0.4) is 0 Å². The summed E-state index contributed by atoms with van der Waals surface area (Å²) in [6, 6.07) is 14.9. The third kappa shape index (κ3) is 3.19. The van der Waals surface area contributed by atoms with Gasteiger partial charge in [0.05, 0.1) is 16.6 Å². The summed E-state index contributed by atoms with van der Waals surface area (Å²) in [5.74, 6) is 0.466. The van der Waals surface area contributed by atoms with Crippen molar-refractivity contribution < 1.29 is 4.21 Å². The molecule has 0 saturated carbocycles. The topological polar surface area (TPSA) is 43.1 Å². The summed E-state index contributed by atoms with van der Waals surface area (Å²) in [4.78, 5) is 0.745. The van der Waals surface area contributed by atoms with Gasteiger partial charge in [0.15, 0.2) is 0 Å². The molecule has 1 unspecified atom stereocenters. The Morgan fingerprint density at radius 3 is 2.44 bits per heavy atom. The Bertz CT molecular complexity index is 571. The van der Waals surface area contributed by atoms with E-state index in [4.69, 9.17) is 17.3 Å². The van der Waals surface area contributed by atoms with E-state index in [-0.39, 0.29) is 0 Å². The molecule has 0 saturated heterocycles. The zero-order chi connectivity index (χ0) is 13.0. The van der Waals surface area contributed by atoms with Crippen molar-refractivity contribution in [3.63, 3.8) is 0 Å². The van der Waals surface area contributed by atoms with Gasteiger partial charge in [-0.1, -0.05) is 41.9 Å². The molecule has 0 aromatic heterocycles. The van der Waals surface area contributed by atoms with Crippen molar-refractivity contribution >= 4 is 22.4 Å². The highest BCUT2D eigenvalue weighted by Gasteiger charge is 2.08. The molecule has 94 valence electrons. The molecule has 0 aliphatic rings. The zero-order valence-electron chi connectivity index (χ0n) is 9.80. The molecule has 18 heavy (non-hydrogen) atoms. The van der Waals surface area contributed by atoms with Crippen molar-refractivity contribution in [1.82, 2.24) is 0 Å². The Labute approximate surface area is 114 Å². The maximum Gasteiger partial charge on any atom is 0.0574 e. The minimum atomic E-state index is -1.10. The van der Waals surface area contributed by atoms with Crippen LogP contribution >= 0.6 is 11.6 Å². The largest absolute Gasteiger partial charge is 0.326 e. The molecule has 0 aliphatic heterocycles. The van der Waals surface area contributed by atoms with Crippen molar-refractivity contribution in [2.24, 2.45) is 5.73 Å². The van der Waals surface area contributed by atoms with Crippen LogP contribution in [0.15, 0.2) is 53.4 Å². The first-order chi connectivity index (χ1) is 8.70. The lowest BCUT2D eigenvalue weighted by Gasteiger charge is -2.07. The second kappa shape index (κ2) is 6.14. The second-order valence-corrected chi connectivity index (χ2v) is 5.81. The quantitative estimate of drug-likeness (QED) is 0.934. The molecule has 1 atom stereocenters. The lowest BCUT2D eigenvalue weighted by Crippen LogP contribution is -2.04. The molecule has 0 bridgehead atoms. The highest BCUT2D eigenvalue weighted by Crippen LogP contribution is 2.18. The molecule has 2 nitrogen and oxygen atoms in total. The van der Waals surface area contributed by atoms with E-state index in [2.05, 4.69) is 0 Å². The van der Waals surface area contributed by atoms with Crippen molar-refractivity contribution in [1.29, 1.82) is 0 Å². The van der Waals surface area contributed by atoms with Gasteiger partial charge < -0.3 is 5.73 Å². The normalized spacial score (nSPS) is 12.3. The third-order valence-corrected chi connectivity index (χ3v) is 4.27. The van der Waals surface area contributed by atoms with Gasteiger partial charge in [0.1, 0.15) is 0 Å². The van der Waals surface area contributed by atoms with Crippen molar-refractivity contribution in [3.05, 3.63) is 64.7 Å². The average molecular weight is 280 g/mol. The fourth-order valence-corrected chi connectivity index (χ4v) is 3.21. The van der Waals surface area contributed by atoms with E-state index in [1.807, 2.05) is 36.4 Å². The van der Waals surface area contributed by atoms with Gasteiger partial charge in [-0.2, -0.15) is 0 Å². The minimum Gasteiger partial charge on any atom is -0.326 e. The Hall–Kier alpha value is -1.16. The van der Waals surface area contributed by atoms with Crippen LogP contribution in [0, 0.1) is 0 Å². The molecule has 0 radical (unpaired) electrons. The van der Waals surface area contributed by atoms with Crippen molar-refractivity contribution in [3.8, 4) is 0 Å². The predicted octanol–water partition coefficient (Wildman–Crippen LogP) is 3.11. The molecule has 2 aromatic carbocycles. The van der Waals surface area contributed by atoms with Crippen LogP contribution < -0.4 is 5.73 Å². The molecule has 0 spiro atoms. The molecular formula is C14H14ClNOS. The number of nitrogens with two attached hydrogens (primary N) is 1. The standard InChI is InChI=1S/C14H14ClNOS/c15-13-6-3-7-14(8-13)18(17)10-12-5-2-1-4-11(12)9-16/h1-8H,9-10,16H2. The molecule has 2 N–H and O–H groups in total. The number of halogens is 1. The van der Waals surface area contributed by atoms with Gasteiger partial charge in [-0.3, -0.25) is 4.21 Å². The van der Waals surface area contributed by atoms with Gasteiger partial charge in [-0.05, 0) is 29.3 Å². The SMILES string of the molecule is NCc1ccccc1CS(=O)c1cccc(Cl)c1. The third-order valence-electron chi connectivity index (χ3n) is 2.68. The van der Waals surface area contributed by atoms with Crippen LogP contribution in [0.1, 0.15) is 11.1 Å². The molecular weight excluding hydrogens is 266 g/mol. The summed E-state index contributed by atoms with van der Waals surface area (Å²) >= 11 is 5.90. The predicted molar refractivity (Wildman–Crippen MR) is 75.9 cm³/mol. The number of benzene rings is 2. The first-order valence-corrected chi connectivity index (χ1v) is 7.31. The van der Waals surface area contributed by atoms with Crippen LogP contribution in [-0.2, 0) is 23.1 Å². The van der Waals surface area contributed by atoms with E-state index in [1.54, 1.807) is 12.1 Å². The first kappa shape index (κ1) is 13.3. The highest BCUT2D eigenvalue weighted by molar-refractivity contribution is 7.84. The van der Waals surface area contributed by atoms with E-state index < -0.39 is 10.8 Å². The molecule has 4 heteroatoms. The van der Waals surface area contributed by atoms with E-state index in [0.717, 1.165) is 16.0 Å². The van der Waals surface area contributed by atoms with E-state index in [0.29, 0.717) is 17.3 Å². The number of hydrogen-bond donors (Lipinski definition) is 1. The van der Waals surface area contributed by atoms with E-state index in [9.17, 15) is 4.21 Å². The summed E-state index contributed by atoms with van der Waals surface area (Å²) in [7, 11) is -1.10. The number of rotatable bonds is 4. The average Bonchev–Trinajstić information content (AvgIpc) is 2.39. The Morgan fingerprint density at radius 2 is 1.78 bits per heavy atom. The smallest absolute Gasteiger partial charge is 0.0574 e. The van der Waals surface area contributed by atoms with E-state index >= 15 is 0 Å². The first-order valence-electron chi connectivity index (χ1n) is 5.61. The zero-order valence-corrected chi connectivity index (χ0v) is 11.4. The molecule has 0 heterocycles. The fourth-order valence-electron chi connectivity index (χ4n) is 1.73. The van der Waals surface area contributed by atoms with Crippen LogP contribution in [0.25, 0.3) is 0 Å². The Balaban J connectivity index is 2.21. The fraction of sp³-hybridized carbons (Fsp3) is 0.143. The van der Waals surface area contributed by atoms with Gasteiger partial charge in [-0.15, -0.1) is 0 Å². The Morgan fingerprint density at radius 1 is 1.06 bits per heavy atom. The minimum absolute atomic E-state index is 0.461. The summed E-state index contributed by atoms with van der Waals surface area (Å²) in [5, 5.41) is 0.605. The highest BCUT2D eigenvalue weighted by atomic mass is 35.5. The van der Waals surface area contributed by atoms with Crippen LogP contribution in [0.4, 0.5) is 0 Å². The van der Waals surface area contributed by atoms with Gasteiger partial charge >= 0.3 is 0 Å². The maximum atomic E-state index is 12.2. The van der Waals surface area contributed by atoms with Crippen LogP contribution in [0.2, 0.25) is 5.02 Å². The van der Waals surface area contributed by atoms with Crippen molar-refractivity contribution in [2.75, 3.05) is 0 Å². The summed E-state index contributed by atoms with van der Waals surface area (Å²) < 4.78 is 12.2. The molecule has 2 rings (SSSR count). The molecule has 0 amide bonds. The van der Waals surface area contributed by atoms with Gasteiger partial charge in [0, 0.05) is 16.5 Å². The summed E-state index contributed by atoms with van der Waals surface area (Å²) in [5.41, 5.74) is 7.73. The summed E-state index contributed by atoms with van der Waals surface area (Å²) in [6.07, 6.45) is 0. The molecule has 2 aromatic rings. The van der Waals surface area contributed by atoms with Gasteiger partial charge in [0.25, 0.3) is 0 Å². The van der Waals surface area contributed by atoms with Gasteiger partial charge in [-0.25, -0.2) is 0 Å². The van der Waals surface area contributed by atoms with Crippen LogP contribution in [-0.4, -0.2) is 4.21 Å². The molecule has 0 aliphatic carbocycles. The lowest BCUT2D eigenvalue weighted by molar-refractivity contribution is 0.682. The monoisotopic (exact) mass is 279 g/mol. The summed E-state index contributed by atoms with van der Waals surface area (Å²) in [6.45, 7) is 0.461. The van der Waals surface area contributed by atoms with Crippen LogP contribution in [0.5, 0.6) is 0 Å².